The molecular formula is C16H17N7O. The molecule has 0 fully saturated rings. The van der Waals surface area contributed by atoms with Crippen LogP contribution in [0.2, 0.25) is 0 Å². The Hall–Kier alpha value is -3.08. The Balaban J connectivity index is 1.50. The highest BCUT2D eigenvalue weighted by atomic mass is 16.1. The Kier molecular flexibility index (Phi) is 4.61. The first-order valence-electron chi connectivity index (χ1n) is 7.68. The van der Waals surface area contributed by atoms with Crippen molar-refractivity contribution in [1.82, 2.24) is 20.6 Å². The zero-order valence-electron chi connectivity index (χ0n) is 13.1. The predicted octanol–water partition coefficient (Wildman–Crippen LogP) is 2.08. The number of benzene rings is 1. The number of nitrogens with one attached hydrogen (secondary N) is 2. The number of anilines is 1. The molecule has 0 spiro atoms. The second-order valence-electron chi connectivity index (χ2n) is 5.64. The van der Waals surface area contributed by atoms with Gasteiger partial charge in [-0.05, 0) is 17.7 Å². The van der Waals surface area contributed by atoms with Gasteiger partial charge in [0.15, 0.2) is 11.5 Å². The number of nitrogens with zero attached hydrogens (tertiary/aromatic N) is 5. The highest BCUT2D eigenvalue weighted by Gasteiger charge is 2.39. The molecule has 8 heteroatoms. The summed E-state index contributed by atoms with van der Waals surface area (Å²) >= 11 is 0. The zero-order valence-corrected chi connectivity index (χ0v) is 13.1. The van der Waals surface area contributed by atoms with Gasteiger partial charge < -0.3 is 5.32 Å². The van der Waals surface area contributed by atoms with Crippen LogP contribution in [0, 0.1) is 12.3 Å². The molecule has 3 rings (SSSR count). The Morgan fingerprint density at radius 1 is 1.33 bits per heavy atom. The zero-order chi connectivity index (χ0) is 16.8. The average molecular weight is 323 g/mol. The smallest absolute Gasteiger partial charge is 0.224 e. The van der Waals surface area contributed by atoms with Crippen molar-refractivity contribution in [1.29, 1.82) is 0 Å². The van der Waals surface area contributed by atoms with Crippen LogP contribution in [0.1, 0.15) is 37.1 Å². The number of hydrogen-bond donors (Lipinski definition) is 2. The molecule has 122 valence electrons. The van der Waals surface area contributed by atoms with Crippen molar-refractivity contribution in [3.05, 3.63) is 35.7 Å². The van der Waals surface area contributed by atoms with Crippen LogP contribution in [-0.2, 0) is 11.2 Å². The number of aromatic nitrogens is 4. The molecule has 0 radical (unpaired) electrons. The van der Waals surface area contributed by atoms with Gasteiger partial charge in [-0.2, -0.15) is 15.4 Å². The molecule has 0 atom stereocenters. The molecule has 2 heterocycles. The standard InChI is InChI=1S/C16H17N7O/c1-2-3-8-16(20-21-16)9-7-15(24)17-13-6-4-5-12(10-13)11-14-18-22-23-19-14/h1,4-6,10H,3,7-9,11H2,(H,17,24)(H,18,19,22,23). The number of carbonyl (C=O) groups excluding carboxylic acids is 1. The van der Waals surface area contributed by atoms with Crippen LogP contribution in [0.25, 0.3) is 0 Å². The monoisotopic (exact) mass is 323 g/mol. The van der Waals surface area contributed by atoms with Gasteiger partial charge in [0.05, 0.1) is 0 Å². The lowest BCUT2D eigenvalue weighted by Crippen LogP contribution is -2.17. The molecule has 1 amide bonds. The molecule has 0 bridgehead atoms. The van der Waals surface area contributed by atoms with E-state index in [1.807, 2.05) is 24.3 Å². The minimum absolute atomic E-state index is 0.0657. The highest BCUT2D eigenvalue weighted by molar-refractivity contribution is 5.90. The van der Waals surface area contributed by atoms with E-state index < -0.39 is 5.66 Å². The number of H-pyrrole nitrogens is 1. The fourth-order valence-electron chi connectivity index (χ4n) is 2.40. The van der Waals surface area contributed by atoms with Crippen molar-refractivity contribution in [2.45, 2.75) is 37.8 Å². The molecule has 0 aliphatic carbocycles. The van der Waals surface area contributed by atoms with Crippen molar-refractivity contribution >= 4 is 11.6 Å². The van der Waals surface area contributed by atoms with Crippen LogP contribution in [0.4, 0.5) is 5.69 Å². The third-order valence-corrected chi connectivity index (χ3v) is 3.77. The summed E-state index contributed by atoms with van der Waals surface area (Å²) in [5.41, 5.74) is 1.31. The maximum Gasteiger partial charge on any atom is 0.224 e. The van der Waals surface area contributed by atoms with Crippen LogP contribution in [0.15, 0.2) is 34.5 Å². The van der Waals surface area contributed by atoms with Gasteiger partial charge in [-0.15, -0.1) is 22.5 Å². The Morgan fingerprint density at radius 2 is 2.21 bits per heavy atom. The van der Waals surface area contributed by atoms with E-state index in [0.29, 0.717) is 37.9 Å². The summed E-state index contributed by atoms with van der Waals surface area (Å²) in [6.07, 6.45) is 8.07. The van der Waals surface area contributed by atoms with Gasteiger partial charge in [-0.3, -0.25) is 4.79 Å². The van der Waals surface area contributed by atoms with Crippen molar-refractivity contribution < 1.29 is 4.79 Å². The van der Waals surface area contributed by atoms with Crippen LogP contribution in [0.3, 0.4) is 0 Å². The molecular weight excluding hydrogens is 306 g/mol. The summed E-state index contributed by atoms with van der Waals surface area (Å²) in [6, 6.07) is 7.57. The molecule has 1 aliphatic rings. The lowest BCUT2D eigenvalue weighted by Gasteiger charge is -2.10. The van der Waals surface area contributed by atoms with E-state index >= 15 is 0 Å². The number of rotatable bonds is 8. The van der Waals surface area contributed by atoms with Crippen molar-refractivity contribution in [3.63, 3.8) is 0 Å². The lowest BCUT2D eigenvalue weighted by molar-refractivity contribution is -0.116. The Labute approximate surface area is 139 Å². The first kappa shape index (κ1) is 15.8. The van der Waals surface area contributed by atoms with Gasteiger partial charge in [-0.25, -0.2) is 0 Å². The van der Waals surface area contributed by atoms with E-state index in [4.69, 9.17) is 6.42 Å². The number of amides is 1. The van der Waals surface area contributed by atoms with Gasteiger partial charge in [-0.1, -0.05) is 17.3 Å². The largest absolute Gasteiger partial charge is 0.326 e. The Morgan fingerprint density at radius 3 is 2.92 bits per heavy atom. The van der Waals surface area contributed by atoms with Crippen LogP contribution in [-0.4, -0.2) is 32.2 Å². The first-order valence-corrected chi connectivity index (χ1v) is 7.68. The van der Waals surface area contributed by atoms with Crippen LogP contribution >= 0.6 is 0 Å². The van der Waals surface area contributed by atoms with E-state index in [0.717, 1.165) is 11.3 Å². The summed E-state index contributed by atoms with van der Waals surface area (Å²) in [5.74, 6) is 3.12. The van der Waals surface area contributed by atoms with E-state index in [9.17, 15) is 4.79 Å². The van der Waals surface area contributed by atoms with Gasteiger partial charge in [0.2, 0.25) is 5.91 Å². The fraction of sp³-hybridized carbons (Fsp3) is 0.375. The summed E-state index contributed by atoms with van der Waals surface area (Å²) in [7, 11) is 0. The number of aromatic amines is 1. The molecule has 1 aromatic carbocycles. The number of tetrazole rings is 1. The molecule has 8 nitrogen and oxygen atoms in total. The van der Waals surface area contributed by atoms with Crippen molar-refractivity contribution in [2.75, 3.05) is 5.32 Å². The summed E-state index contributed by atoms with van der Waals surface area (Å²) < 4.78 is 0. The van der Waals surface area contributed by atoms with Crippen LogP contribution in [0.5, 0.6) is 0 Å². The average Bonchev–Trinajstić information content (AvgIpc) is 3.17. The molecule has 2 aromatic rings. The van der Waals surface area contributed by atoms with Gasteiger partial charge in [0, 0.05) is 37.8 Å². The van der Waals surface area contributed by atoms with Crippen molar-refractivity contribution in [2.24, 2.45) is 10.2 Å². The van der Waals surface area contributed by atoms with Gasteiger partial charge in [0.1, 0.15) is 0 Å². The second-order valence-corrected chi connectivity index (χ2v) is 5.64. The van der Waals surface area contributed by atoms with Gasteiger partial charge in [0.25, 0.3) is 0 Å². The topological polar surface area (TPSA) is 108 Å². The molecule has 1 aromatic heterocycles. The third kappa shape index (κ3) is 4.23. The number of carbonyl (C=O) groups is 1. The highest BCUT2D eigenvalue weighted by Crippen LogP contribution is 2.37. The molecule has 2 N–H and O–H groups in total. The fourth-order valence-corrected chi connectivity index (χ4v) is 2.40. The van der Waals surface area contributed by atoms with E-state index in [2.05, 4.69) is 42.1 Å². The van der Waals surface area contributed by atoms with Gasteiger partial charge >= 0.3 is 0 Å². The van der Waals surface area contributed by atoms with E-state index in [1.165, 1.54) is 0 Å². The summed E-state index contributed by atoms with van der Waals surface area (Å²) in [6.45, 7) is 0. The summed E-state index contributed by atoms with van der Waals surface area (Å²) in [5, 5.41) is 24.7. The minimum Gasteiger partial charge on any atom is -0.326 e. The number of hydrogen-bond acceptors (Lipinski definition) is 6. The summed E-state index contributed by atoms with van der Waals surface area (Å²) in [4.78, 5) is 12.1. The van der Waals surface area contributed by atoms with E-state index in [-0.39, 0.29) is 5.91 Å². The second kappa shape index (κ2) is 7.00. The number of terminal acetylenes is 1. The normalized spacial score (nSPS) is 14.1. The lowest BCUT2D eigenvalue weighted by atomic mass is 10.0. The van der Waals surface area contributed by atoms with Crippen LogP contribution < -0.4 is 5.32 Å². The van der Waals surface area contributed by atoms with E-state index in [1.54, 1.807) is 0 Å². The predicted molar refractivity (Wildman–Crippen MR) is 86.9 cm³/mol. The molecule has 24 heavy (non-hydrogen) atoms. The Bertz CT molecular complexity index is 770. The maximum atomic E-state index is 12.1. The SMILES string of the molecule is C#CCCC1(CCC(=O)Nc2cccc(Cc3nn[nH]n3)c2)N=N1. The quantitative estimate of drug-likeness (QED) is 0.725. The molecule has 0 saturated heterocycles. The third-order valence-electron chi connectivity index (χ3n) is 3.77. The molecule has 1 aliphatic heterocycles. The first-order chi connectivity index (χ1) is 11.7. The maximum absolute atomic E-state index is 12.1. The van der Waals surface area contributed by atoms with Crippen molar-refractivity contribution in [3.8, 4) is 12.3 Å². The minimum atomic E-state index is -0.426. The molecule has 0 unspecified atom stereocenters. The molecule has 0 saturated carbocycles.